The fraction of sp³-hybridized carbons (Fsp3) is 0.765. The van der Waals surface area contributed by atoms with Gasteiger partial charge in [-0.3, -0.25) is 19.2 Å². The highest BCUT2D eigenvalue weighted by Crippen LogP contribution is 2.29. The Kier molecular flexibility index (Phi) is 9.83. The quantitative estimate of drug-likeness (QED) is 0.285. The van der Waals surface area contributed by atoms with Gasteiger partial charge in [0, 0.05) is 34.8 Å². The molecule has 1 aliphatic rings. The monoisotopic (exact) mass is 406 g/mol. The van der Waals surface area contributed by atoms with Gasteiger partial charge in [0.15, 0.2) is 12.2 Å². The van der Waals surface area contributed by atoms with Gasteiger partial charge in [0.2, 0.25) is 6.29 Å². The van der Waals surface area contributed by atoms with Gasteiger partial charge in [-0.1, -0.05) is 0 Å². The lowest BCUT2D eigenvalue weighted by Crippen LogP contribution is -2.63. The fourth-order valence-electron chi connectivity index (χ4n) is 2.58. The van der Waals surface area contributed by atoms with Crippen molar-refractivity contribution in [2.45, 2.75) is 58.4 Å². The van der Waals surface area contributed by atoms with E-state index in [-0.39, 0.29) is 19.8 Å². The highest BCUT2D eigenvalue weighted by atomic mass is 16.7. The molecule has 5 atom stereocenters. The van der Waals surface area contributed by atoms with Gasteiger partial charge < -0.3 is 33.2 Å². The van der Waals surface area contributed by atoms with Gasteiger partial charge in [0.05, 0.1) is 13.2 Å². The summed E-state index contributed by atoms with van der Waals surface area (Å²) < 4.78 is 36.8. The van der Waals surface area contributed by atoms with Crippen molar-refractivity contribution < 1.29 is 52.3 Å². The van der Waals surface area contributed by atoms with Crippen LogP contribution in [0, 0.1) is 0 Å². The molecule has 11 heteroatoms. The fourth-order valence-corrected chi connectivity index (χ4v) is 2.58. The zero-order valence-corrected chi connectivity index (χ0v) is 16.5. The summed E-state index contributed by atoms with van der Waals surface area (Å²) in [6.07, 6.45) is -5.79. The number of rotatable bonds is 9. The summed E-state index contributed by atoms with van der Waals surface area (Å²) in [6, 6.07) is 0. The van der Waals surface area contributed by atoms with Crippen LogP contribution in [0.3, 0.4) is 0 Å². The lowest BCUT2D eigenvalue weighted by atomic mass is 9.98. The number of esters is 4. The Morgan fingerprint density at radius 2 is 1.32 bits per heavy atom. The molecular formula is C17H26O11. The molecule has 1 fully saturated rings. The van der Waals surface area contributed by atoms with Gasteiger partial charge in [0.1, 0.15) is 18.8 Å². The van der Waals surface area contributed by atoms with Crippen LogP contribution in [-0.2, 0) is 52.3 Å². The normalized spacial score (nSPS) is 26.8. The van der Waals surface area contributed by atoms with E-state index in [0.29, 0.717) is 0 Å². The average Bonchev–Trinajstić information content (AvgIpc) is 2.56. The first-order valence-corrected chi connectivity index (χ1v) is 8.56. The molecule has 11 nitrogen and oxygen atoms in total. The smallest absolute Gasteiger partial charge is 0.305 e. The van der Waals surface area contributed by atoms with Crippen molar-refractivity contribution in [3.05, 3.63) is 0 Å². The molecule has 1 rings (SSSR count). The summed E-state index contributed by atoms with van der Waals surface area (Å²) >= 11 is 0. The molecule has 0 aromatic carbocycles. The molecule has 0 aromatic rings. The first-order valence-electron chi connectivity index (χ1n) is 8.56. The topological polar surface area (TPSA) is 133 Å². The highest BCUT2D eigenvalue weighted by Gasteiger charge is 2.52. The second-order valence-corrected chi connectivity index (χ2v) is 5.93. The van der Waals surface area contributed by atoms with Crippen LogP contribution in [0.25, 0.3) is 0 Å². The zero-order chi connectivity index (χ0) is 21.3. The molecule has 0 saturated carbocycles. The Bertz CT molecular complexity index is 561. The summed E-state index contributed by atoms with van der Waals surface area (Å²) in [4.78, 5) is 45.8. The molecule has 0 amide bonds. The van der Waals surface area contributed by atoms with E-state index in [1.165, 1.54) is 21.0 Å². The summed E-state index contributed by atoms with van der Waals surface area (Å²) in [5.74, 6) is -2.64. The summed E-state index contributed by atoms with van der Waals surface area (Å²) in [5.41, 5.74) is 0. The zero-order valence-electron chi connectivity index (χ0n) is 16.5. The summed E-state index contributed by atoms with van der Waals surface area (Å²) in [5, 5.41) is 0. The van der Waals surface area contributed by atoms with Crippen molar-refractivity contribution in [2.75, 3.05) is 26.9 Å². The van der Waals surface area contributed by atoms with E-state index in [9.17, 15) is 19.2 Å². The van der Waals surface area contributed by atoms with Crippen molar-refractivity contribution >= 4 is 23.9 Å². The molecule has 1 aliphatic heterocycles. The number of methoxy groups -OCH3 is 1. The molecule has 0 aromatic heterocycles. The third-order valence-electron chi connectivity index (χ3n) is 3.53. The number of hydrogen-bond donors (Lipinski definition) is 0. The first kappa shape index (κ1) is 23.8. The minimum absolute atomic E-state index is 0.0593. The summed E-state index contributed by atoms with van der Waals surface area (Å²) in [6.45, 7) is 4.63. The van der Waals surface area contributed by atoms with Gasteiger partial charge in [-0.2, -0.15) is 0 Å². The number of ether oxygens (including phenoxy) is 7. The van der Waals surface area contributed by atoms with Gasteiger partial charge in [-0.05, 0) is 0 Å². The van der Waals surface area contributed by atoms with Crippen molar-refractivity contribution in [3.8, 4) is 0 Å². The second-order valence-electron chi connectivity index (χ2n) is 5.93. The van der Waals surface area contributed by atoms with E-state index in [2.05, 4.69) is 0 Å². The Balaban J connectivity index is 3.22. The number of carbonyl (C=O) groups excluding carboxylic acids is 4. The maximum Gasteiger partial charge on any atom is 0.305 e. The van der Waals surface area contributed by atoms with E-state index in [1.54, 1.807) is 0 Å². The third kappa shape index (κ3) is 7.79. The Morgan fingerprint density at radius 3 is 1.82 bits per heavy atom. The minimum atomic E-state index is -1.36. The molecule has 1 heterocycles. The van der Waals surface area contributed by atoms with Crippen molar-refractivity contribution in [2.24, 2.45) is 0 Å². The minimum Gasteiger partial charge on any atom is -0.463 e. The second kappa shape index (κ2) is 11.6. The van der Waals surface area contributed by atoms with Crippen LogP contribution >= 0.6 is 0 Å². The lowest BCUT2D eigenvalue weighted by Gasteiger charge is -2.44. The standard InChI is InChI=1S/C17H26O11/c1-9(18)24-8-13-14(25-10(2)19)15(23-7-6-22-5)16(26-11(3)20)17(28-13)27-12(4)21/h13-17H,6-8H2,1-5H3/t13-,14-,15-,16-,17?/m1/s1. The molecule has 160 valence electrons. The maximum atomic E-state index is 11.6. The molecule has 0 radical (unpaired) electrons. The predicted octanol–water partition coefficient (Wildman–Crippen LogP) is -0.267. The van der Waals surface area contributed by atoms with Crippen LogP contribution in [0.5, 0.6) is 0 Å². The van der Waals surface area contributed by atoms with Crippen LogP contribution in [0.1, 0.15) is 27.7 Å². The number of hydrogen-bond acceptors (Lipinski definition) is 11. The van der Waals surface area contributed by atoms with E-state index < -0.39 is 54.6 Å². The molecular weight excluding hydrogens is 380 g/mol. The third-order valence-corrected chi connectivity index (χ3v) is 3.53. The average molecular weight is 406 g/mol. The molecule has 1 unspecified atom stereocenters. The van der Waals surface area contributed by atoms with E-state index in [0.717, 1.165) is 13.8 Å². The van der Waals surface area contributed by atoms with E-state index in [1.807, 2.05) is 0 Å². The molecule has 0 bridgehead atoms. The first-order chi connectivity index (χ1) is 13.1. The van der Waals surface area contributed by atoms with Crippen LogP contribution in [0.2, 0.25) is 0 Å². The largest absolute Gasteiger partial charge is 0.463 e. The Morgan fingerprint density at radius 1 is 0.750 bits per heavy atom. The Hall–Kier alpha value is -2.24. The van der Waals surface area contributed by atoms with Crippen LogP contribution < -0.4 is 0 Å². The lowest BCUT2D eigenvalue weighted by molar-refractivity contribution is -0.304. The Labute approximate surface area is 162 Å². The molecule has 1 saturated heterocycles. The van der Waals surface area contributed by atoms with E-state index in [4.69, 9.17) is 33.2 Å². The van der Waals surface area contributed by atoms with Crippen LogP contribution in [0.15, 0.2) is 0 Å². The highest BCUT2D eigenvalue weighted by molar-refractivity contribution is 5.68. The summed E-state index contributed by atoms with van der Waals surface area (Å²) in [7, 11) is 1.46. The SMILES string of the molecule is COCCO[C@@H]1[C@H](OC(C)=O)[C@@H](COC(C)=O)OC(OC(C)=O)[C@@H]1OC(C)=O. The van der Waals surface area contributed by atoms with Gasteiger partial charge in [-0.25, -0.2) is 0 Å². The molecule has 0 N–H and O–H groups in total. The van der Waals surface area contributed by atoms with E-state index >= 15 is 0 Å². The van der Waals surface area contributed by atoms with Crippen molar-refractivity contribution in [3.63, 3.8) is 0 Å². The predicted molar refractivity (Wildman–Crippen MR) is 89.8 cm³/mol. The van der Waals surface area contributed by atoms with Gasteiger partial charge in [0.25, 0.3) is 0 Å². The van der Waals surface area contributed by atoms with Crippen molar-refractivity contribution in [1.82, 2.24) is 0 Å². The molecule has 0 spiro atoms. The molecule has 28 heavy (non-hydrogen) atoms. The van der Waals surface area contributed by atoms with Crippen LogP contribution in [0.4, 0.5) is 0 Å². The van der Waals surface area contributed by atoms with Gasteiger partial charge >= 0.3 is 23.9 Å². The van der Waals surface area contributed by atoms with Gasteiger partial charge in [-0.15, -0.1) is 0 Å². The maximum absolute atomic E-state index is 11.6. The van der Waals surface area contributed by atoms with Crippen LogP contribution in [-0.4, -0.2) is 81.5 Å². The molecule has 0 aliphatic carbocycles. The number of carbonyl (C=O) groups is 4. The van der Waals surface area contributed by atoms with Crippen molar-refractivity contribution in [1.29, 1.82) is 0 Å².